The highest BCUT2D eigenvalue weighted by molar-refractivity contribution is 5.90. The van der Waals surface area contributed by atoms with E-state index in [0.717, 1.165) is 21.9 Å². The van der Waals surface area contributed by atoms with E-state index in [0.29, 0.717) is 0 Å². The molecule has 0 spiro atoms. The fourth-order valence-corrected chi connectivity index (χ4v) is 2.74. The summed E-state index contributed by atoms with van der Waals surface area (Å²) in [5.41, 5.74) is -0.379. The molecule has 7 nitrogen and oxygen atoms in total. The standard InChI is InChI=1S/C15H16F3N3O4/c1-19(14(22)24-2)12-7-21(15(23)25-12)9-3-10(17)13(11(18)4-9)20-5-8(16)6-20/h3-4,8,12H,5-7H2,1-2H3/t12-/m0/s1. The fraction of sp³-hybridized carbons (Fsp3) is 0.467. The number of alkyl halides is 1. The van der Waals surface area contributed by atoms with Crippen molar-refractivity contribution in [2.45, 2.75) is 12.4 Å². The molecule has 2 heterocycles. The lowest BCUT2D eigenvalue weighted by Crippen LogP contribution is -2.49. The number of hydrogen-bond donors (Lipinski definition) is 0. The van der Waals surface area contributed by atoms with Gasteiger partial charge in [0.15, 0.2) is 17.9 Å². The highest BCUT2D eigenvalue weighted by Gasteiger charge is 2.38. The Morgan fingerprint density at radius 2 is 1.88 bits per heavy atom. The topological polar surface area (TPSA) is 62.3 Å². The van der Waals surface area contributed by atoms with Crippen LogP contribution in [0.1, 0.15) is 0 Å². The van der Waals surface area contributed by atoms with Crippen LogP contribution in [0.25, 0.3) is 0 Å². The van der Waals surface area contributed by atoms with E-state index in [1.165, 1.54) is 19.1 Å². The molecule has 0 unspecified atom stereocenters. The summed E-state index contributed by atoms with van der Waals surface area (Å²) in [5.74, 6) is -1.81. The van der Waals surface area contributed by atoms with Crippen molar-refractivity contribution < 1.29 is 32.2 Å². The molecule has 3 rings (SSSR count). The zero-order valence-electron chi connectivity index (χ0n) is 13.5. The maximum absolute atomic E-state index is 14.3. The van der Waals surface area contributed by atoms with Crippen molar-refractivity contribution >= 4 is 23.6 Å². The maximum Gasteiger partial charge on any atom is 0.416 e. The highest BCUT2D eigenvalue weighted by atomic mass is 19.1. The first kappa shape index (κ1) is 17.2. The first-order chi connectivity index (χ1) is 11.8. The number of amides is 2. The Morgan fingerprint density at radius 3 is 2.40 bits per heavy atom. The third kappa shape index (κ3) is 3.03. The number of carbonyl (C=O) groups is 2. The van der Waals surface area contributed by atoms with Gasteiger partial charge in [0.1, 0.15) is 11.9 Å². The normalized spacial score (nSPS) is 20.4. The predicted octanol–water partition coefficient (Wildman–Crippen LogP) is 2.10. The molecule has 0 saturated carbocycles. The predicted molar refractivity (Wildman–Crippen MR) is 81.3 cm³/mol. The van der Waals surface area contributed by atoms with Gasteiger partial charge in [-0.2, -0.15) is 0 Å². The van der Waals surface area contributed by atoms with Crippen LogP contribution >= 0.6 is 0 Å². The second kappa shape index (κ2) is 6.34. The van der Waals surface area contributed by atoms with E-state index in [9.17, 15) is 22.8 Å². The maximum atomic E-state index is 14.3. The number of nitrogens with zero attached hydrogens (tertiary/aromatic N) is 3. The van der Waals surface area contributed by atoms with E-state index >= 15 is 0 Å². The van der Waals surface area contributed by atoms with Crippen LogP contribution in [-0.2, 0) is 9.47 Å². The lowest BCUT2D eigenvalue weighted by molar-refractivity contribution is 0.0343. The molecule has 1 aromatic rings. The van der Waals surface area contributed by atoms with Gasteiger partial charge in [0.05, 0.1) is 32.4 Å². The number of cyclic esters (lactones) is 1. The second-order valence-electron chi connectivity index (χ2n) is 5.79. The number of likely N-dealkylation sites (N-methyl/N-ethyl adjacent to an activating group) is 1. The van der Waals surface area contributed by atoms with Gasteiger partial charge in [0.2, 0.25) is 0 Å². The minimum Gasteiger partial charge on any atom is -0.453 e. The van der Waals surface area contributed by atoms with Gasteiger partial charge in [-0.1, -0.05) is 0 Å². The molecule has 2 amide bonds. The lowest BCUT2D eigenvalue weighted by Gasteiger charge is -2.36. The van der Waals surface area contributed by atoms with Crippen molar-refractivity contribution in [3.05, 3.63) is 23.8 Å². The molecule has 10 heteroatoms. The van der Waals surface area contributed by atoms with Gasteiger partial charge in [-0.15, -0.1) is 0 Å². The van der Waals surface area contributed by atoms with Gasteiger partial charge in [0.25, 0.3) is 0 Å². The Kier molecular flexibility index (Phi) is 4.36. The minimum atomic E-state index is -1.11. The van der Waals surface area contributed by atoms with E-state index in [-0.39, 0.29) is 31.0 Å². The number of methoxy groups -OCH3 is 1. The number of carbonyl (C=O) groups excluding carboxylic acids is 2. The number of halogens is 3. The van der Waals surface area contributed by atoms with E-state index in [1.54, 1.807) is 0 Å². The van der Waals surface area contributed by atoms with Crippen molar-refractivity contribution in [2.75, 3.05) is 43.6 Å². The zero-order valence-corrected chi connectivity index (χ0v) is 13.5. The lowest BCUT2D eigenvalue weighted by atomic mass is 10.1. The summed E-state index contributed by atoms with van der Waals surface area (Å²) in [7, 11) is 2.55. The van der Waals surface area contributed by atoms with Crippen molar-refractivity contribution in [1.82, 2.24) is 4.90 Å². The van der Waals surface area contributed by atoms with Gasteiger partial charge in [-0.25, -0.2) is 22.8 Å². The summed E-state index contributed by atoms with van der Waals surface area (Å²) in [6.07, 6.45) is -3.62. The number of benzene rings is 1. The van der Waals surface area contributed by atoms with Crippen LogP contribution in [0.4, 0.5) is 34.1 Å². The molecule has 0 aliphatic carbocycles. The first-order valence-corrected chi connectivity index (χ1v) is 7.48. The summed E-state index contributed by atoms with van der Waals surface area (Å²) in [6.45, 7) is -0.269. The summed E-state index contributed by atoms with van der Waals surface area (Å²) in [4.78, 5) is 26.8. The molecule has 0 radical (unpaired) electrons. The Balaban J connectivity index is 1.80. The Labute approximate surface area is 141 Å². The van der Waals surface area contributed by atoms with Crippen molar-refractivity contribution in [3.8, 4) is 0 Å². The van der Waals surface area contributed by atoms with E-state index in [1.807, 2.05) is 0 Å². The molecule has 2 aliphatic heterocycles. The van der Waals surface area contributed by atoms with E-state index in [4.69, 9.17) is 4.74 Å². The van der Waals surface area contributed by atoms with Crippen LogP contribution in [0.3, 0.4) is 0 Å². The van der Waals surface area contributed by atoms with Gasteiger partial charge >= 0.3 is 12.2 Å². The van der Waals surface area contributed by atoms with Crippen LogP contribution in [0.2, 0.25) is 0 Å². The monoisotopic (exact) mass is 359 g/mol. The molecule has 2 fully saturated rings. The van der Waals surface area contributed by atoms with Crippen LogP contribution < -0.4 is 9.80 Å². The second-order valence-corrected chi connectivity index (χ2v) is 5.79. The number of ether oxygens (including phenoxy) is 2. The Hall–Kier alpha value is -2.65. The molecule has 2 aliphatic rings. The average molecular weight is 359 g/mol. The molecule has 0 aromatic heterocycles. The third-order valence-electron chi connectivity index (χ3n) is 4.16. The third-order valence-corrected chi connectivity index (χ3v) is 4.16. The molecule has 25 heavy (non-hydrogen) atoms. The first-order valence-electron chi connectivity index (χ1n) is 7.48. The van der Waals surface area contributed by atoms with Gasteiger partial charge in [-0.3, -0.25) is 9.80 Å². The molecular weight excluding hydrogens is 343 g/mol. The summed E-state index contributed by atoms with van der Waals surface area (Å²) >= 11 is 0. The summed E-state index contributed by atoms with van der Waals surface area (Å²) in [6, 6.07) is 1.96. The SMILES string of the molecule is COC(=O)N(C)[C@@H]1CN(c2cc(F)c(N3CC(F)C3)c(F)c2)C(=O)O1. The van der Waals surface area contributed by atoms with Crippen molar-refractivity contribution in [2.24, 2.45) is 0 Å². The van der Waals surface area contributed by atoms with Crippen LogP contribution in [0.5, 0.6) is 0 Å². The Morgan fingerprint density at radius 1 is 1.28 bits per heavy atom. The molecule has 0 bridgehead atoms. The van der Waals surface area contributed by atoms with Crippen molar-refractivity contribution in [1.29, 1.82) is 0 Å². The number of rotatable bonds is 3. The minimum absolute atomic E-state index is 0.0539. The van der Waals surface area contributed by atoms with E-state index < -0.39 is 36.2 Å². The van der Waals surface area contributed by atoms with Crippen molar-refractivity contribution in [3.63, 3.8) is 0 Å². The van der Waals surface area contributed by atoms with Crippen LogP contribution in [0.15, 0.2) is 12.1 Å². The average Bonchev–Trinajstić information content (AvgIpc) is 2.92. The molecular formula is C15H16F3N3O4. The smallest absolute Gasteiger partial charge is 0.416 e. The molecule has 2 saturated heterocycles. The van der Waals surface area contributed by atoms with Gasteiger partial charge in [-0.05, 0) is 0 Å². The quantitative estimate of drug-likeness (QED) is 0.827. The summed E-state index contributed by atoms with van der Waals surface area (Å²) in [5, 5.41) is 0. The van der Waals surface area contributed by atoms with E-state index in [2.05, 4.69) is 4.74 Å². The zero-order chi connectivity index (χ0) is 18.3. The fourth-order valence-electron chi connectivity index (χ4n) is 2.74. The summed E-state index contributed by atoms with van der Waals surface area (Å²) < 4.78 is 51.0. The highest BCUT2D eigenvalue weighted by Crippen LogP contribution is 2.33. The molecule has 136 valence electrons. The molecule has 0 N–H and O–H groups in total. The largest absolute Gasteiger partial charge is 0.453 e. The molecule has 1 atom stereocenters. The number of hydrogen-bond acceptors (Lipinski definition) is 5. The Bertz CT molecular complexity index is 688. The number of anilines is 2. The molecule has 1 aromatic carbocycles. The van der Waals surface area contributed by atoms with Crippen LogP contribution in [-0.4, -0.2) is 63.3 Å². The van der Waals surface area contributed by atoms with Gasteiger partial charge < -0.3 is 14.4 Å². The van der Waals surface area contributed by atoms with Gasteiger partial charge in [0, 0.05) is 19.2 Å². The van der Waals surface area contributed by atoms with Crippen LogP contribution in [0, 0.1) is 11.6 Å².